The summed E-state index contributed by atoms with van der Waals surface area (Å²) in [4.78, 5) is 22.6. The maximum atomic E-state index is 5.40. The van der Waals surface area contributed by atoms with Crippen molar-refractivity contribution in [1.29, 1.82) is 0 Å². The predicted molar refractivity (Wildman–Crippen MR) is 142 cm³/mol. The number of fused-ring (bicyclic) bond motifs is 1. The number of thiazole rings is 1. The van der Waals surface area contributed by atoms with Gasteiger partial charge in [0.05, 0.1) is 25.1 Å². The van der Waals surface area contributed by atoms with Crippen molar-refractivity contribution in [2.45, 2.75) is 13.3 Å². The molecule has 0 unspecified atom stereocenters. The van der Waals surface area contributed by atoms with Gasteiger partial charge in [0.15, 0.2) is 16.6 Å². The highest BCUT2D eigenvalue weighted by Crippen LogP contribution is 2.35. The van der Waals surface area contributed by atoms with Crippen molar-refractivity contribution < 1.29 is 4.74 Å². The molecule has 2 N–H and O–H groups in total. The number of morpholine rings is 1. The molecular formula is C25H30N8OS. The zero-order valence-corrected chi connectivity index (χ0v) is 20.9. The molecule has 35 heavy (non-hydrogen) atoms. The van der Waals surface area contributed by atoms with Crippen LogP contribution in [0, 0.1) is 6.92 Å². The Morgan fingerprint density at radius 2 is 2.00 bits per heavy atom. The molecule has 1 fully saturated rings. The summed E-state index contributed by atoms with van der Waals surface area (Å²) in [6.07, 6.45) is 4.46. The molecule has 0 radical (unpaired) electrons. The third-order valence-corrected chi connectivity index (χ3v) is 6.91. The molecule has 0 aliphatic carbocycles. The lowest BCUT2D eigenvalue weighted by Crippen LogP contribution is -2.37. The molecular weight excluding hydrogens is 460 g/mol. The summed E-state index contributed by atoms with van der Waals surface area (Å²) in [5.74, 6) is 1.70. The van der Waals surface area contributed by atoms with E-state index in [1.54, 1.807) is 6.33 Å². The molecule has 182 valence electrons. The first-order valence-electron chi connectivity index (χ1n) is 11.8. The number of nitrogens with zero attached hydrogens (tertiary/aromatic N) is 6. The predicted octanol–water partition coefficient (Wildman–Crippen LogP) is 4.44. The van der Waals surface area contributed by atoms with E-state index >= 15 is 0 Å². The Morgan fingerprint density at radius 3 is 2.80 bits per heavy atom. The second-order valence-corrected chi connectivity index (χ2v) is 9.56. The molecule has 10 heteroatoms. The van der Waals surface area contributed by atoms with Gasteiger partial charge in [0.25, 0.3) is 0 Å². The van der Waals surface area contributed by atoms with Gasteiger partial charge in [-0.1, -0.05) is 23.5 Å². The Morgan fingerprint density at radius 1 is 1.11 bits per heavy atom. The standard InChI is InChI=1S/C25H30N8OS/c1-18-5-3-6-20(15-18)32(2)24-22-23(28-17-29-24)31-25(35-22)30-19-7-8-21(27-16-19)26-9-4-10-33-11-13-34-14-12-33/h3,5-8,15-17H,4,9-14H2,1-2H3,(H,26,27)(H,28,29,30,31). The Bertz CT molecular complexity index is 1260. The van der Waals surface area contributed by atoms with E-state index in [9.17, 15) is 0 Å². The van der Waals surface area contributed by atoms with Crippen LogP contribution in [0.25, 0.3) is 10.3 Å². The quantitative estimate of drug-likeness (QED) is 0.331. The first kappa shape index (κ1) is 23.4. The van der Waals surface area contributed by atoms with Crippen molar-refractivity contribution in [3.8, 4) is 0 Å². The number of hydrogen-bond acceptors (Lipinski definition) is 10. The van der Waals surface area contributed by atoms with E-state index in [0.29, 0.717) is 5.65 Å². The fraction of sp³-hybridized carbons (Fsp3) is 0.360. The van der Waals surface area contributed by atoms with Gasteiger partial charge in [-0.05, 0) is 49.7 Å². The van der Waals surface area contributed by atoms with Gasteiger partial charge in [0.1, 0.15) is 16.8 Å². The number of pyridine rings is 1. The Balaban J connectivity index is 1.20. The summed E-state index contributed by atoms with van der Waals surface area (Å²) in [6.45, 7) is 7.80. The third kappa shape index (κ3) is 5.84. The van der Waals surface area contributed by atoms with E-state index in [4.69, 9.17) is 4.74 Å². The Kier molecular flexibility index (Phi) is 7.31. The summed E-state index contributed by atoms with van der Waals surface area (Å²) in [5, 5.41) is 7.52. The van der Waals surface area contributed by atoms with Gasteiger partial charge in [0, 0.05) is 32.4 Å². The number of ether oxygens (including phenoxy) is 1. The highest BCUT2D eigenvalue weighted by atomic mass is 32.1. The summed E-state index contributed by atoms with van der Waals surface area (Å²) in [5.41, 5.74) is 3.83. The molecule has 0 bridgehead atoms. The highest BCUT2D eigenvalue weighted by molar-refractivity contribution is 7.22. The Hall–Kier alpha value is -3.34. The minimum atomic E-state index is 0.675. The van der Waals surface area contributed by atoms with Gasteiger partial charge >= 0.3 is 0 Å². The number of hydrogen-bond donors (Lipinski definition) is 2. The molecule has 0 atom stereocenters. The lowest BCUT2D eigenvalue weighted by Gasteiger charge is -2.26. The van der Waals surface area contributed by atoms with Crippen molar-refractivity contribution in [1.82, 2.24) is 24.8 Å². The zero-order chi connectivity index (χ0) is 24.0. The van der Waals surface area contributed by atoms with E-state index in [2.05, 4.69) is 71.6 Å². The first-order valence-corrected chi connectivity index (χ1v) is 12.7. The SMILES string of the molecule is Cc1cccc(N(C)c2ncnc3nc(Nc4ccc(NCCCN5CCOCC5)nc4)sc23)c1. The monoisotopic (exact) mass is 490 g/mol. The van der Waals surface area contributed by atoms with Crippen molar-refractivity contribution >= 4 is 49.8 Å². The number of rotatable bonds is 9. The van der Waals surface area contributed by atoms with Crippen LogP contribution in [0.4, 0.5) is 28.1 Å². The first-order chi connectivity index (χ1) is 17.2. The largest absolute Gasteiger partial charge is 0.379 e. The van der Waals surface area contributed by atoms with Gasteiger partial charge in [-0.15, -0.1) is 0 Å². The van der Waals surface area contributed by atoms with Gasteiger partial charge in [-0.25, -0.2) is 15.0 Å². The minimum absolute atomic E-state index is 0.675. The van der Waals surface area contributed by atoms with Crippen molar-refractivity contribution in [3.63, 3.8) is 0 Å². The summed E-state index contributed by atoms with van der Waals surface area (Å²) >= 11 is 1.53. The molecule has 1 aromatic carbocycles. The fourth-order valence-corrected chi connectivity index (χ4v) is 5.00. The molecule has 9 nitrogen and oxygen atoms in total. The molecule has 3 aromatic heterocycles. The maximum Gasteiger partial charge on any atom is 0.190 e. The van der Waals surface area contributed by atoms with E-state index in [1.807, 2.05) is 25.4 Å². The topological polar surface area (TPSA) is 91.3 Å². The number of nitrogens with one attached hydrogen (secondary N) is 2. The van der Waals surface area contributed by atoms with Crippen molar-refractivity contribution in [2.75, 3.05) is 62.0 Å². The molecule has 1 aliphatic rings. The van der Waals surface area contributed by atoms with Crippen LogP contribution in [-0.4, -0.2) is 71.3 Å². The van der Waals surface area contributed by atoms with E-state index in [0.717, 1.165) is 78.7 Å². The third-order valence-electron chi connectivity index (χ3n) is 5.95. The number of anilines is 5. The second-order valence-electron chi connectivity index (χ2n) is 8.56. The summed E-state index contributed by atoms with van der Waals surface area (Å²) < 4.78 is 6.33. The molecule has 4 aromatic rings. The van der Waals surface area contributed by atoms with Crippen LogP contribution in [0.1, 0.15) is 12.0 Å². The van der Waals surface area contributed by atoms with Gasteiger partial charge in [-0.2, -0.15) is 4.98 Å². The van der Waals surface area contributed by atoms with Crippen LogP contribution >= 0.6 is 11.3 Å². The maximum absolute atomic E-state index is 5.40. The van der Waals surface area contributed by atoms with Gasteiger partial charge in [0.2, 0.25) is 0 Å². The molecule has 1 aliphatic heterocycles. The van der Waals surface area contributed by atoms with Crippen LogP contribution in [0.3, 0.4) is 0 Å². The van der Waals surface area contributed by atoms with Gasteiger partial charge in [-0.3, -0.25) is 4.90 Å². The average Bonchev–Trinajstić information content (AvgIpc) is 3.30. The molecule has 5 rings (SSSR count). The number of aryl methyl sites for hydroxylation is 1. The van der Waals surface area contributed by atoms with Crippen LogP contribution in [-0.2, 0) is 4.74 Å². The lowest BCUT2D eigenvalue weighted by molar-refractivity contribution is 0.0378. The zero-order valence-electron chi connectivity index (χ0n) is 20.1. The smallest absolute Gasteiger partial charge is 0.190 e. The minimum Gasteiger partial charge on any atom is -0.379 e. The van der Waals surface area contributed by atoms with Crippen molar-refractivity contribution in [2.24, 2.45) is 0 Å². The number of benzene rings is 1. The summed E-state index contributed by atoms with van der Waals surface area (Å²) in [7, 11) is 2.01. The van der Waals surface area contributed by atoms with E-state index < -0.39 is 0 Å². The number of aromatic nitrogens is 4. The molecule has 0 spiro atoms. The average molecular weight is 491 g/mol. The van der Waals surface area contributed by atoms with Gasteiger partial charge < -0.3 is 20.3 Å². The van der Waals surface area contributed by atoms with Crippen LogP contribution in [0.2, 0.25) is 0 Å². The molecule has 4 heterocycles. The van der Waals surface area contributed by atoms with Crippen LogP contribution in [0.15, 0.2) is 48.9 Å². The molecule has 0 amide bonds. The fourth-order valence-electron chi connectivity index (χ4n) is 4.03. The van der Waals surface area contributed by atoms with E-state index in [1.165, 1.54) is 16.9 Å². The summed E-state index contributed by atoms with van der Waals surface area (Å²) in [6, 6.07) is 12.3. The second kappa shape index (κ2) is 10.9. The Labute approximate surface area is 209 Å². The van der Waals surface area contributed by atoms with Crippen LogP contribution in [0.5, 0.6) is 0 Å². The van der Waals surface area contributed by atoms with E-state index in [-0.39, 0.29) is 0 Å². The lowest BCUT2D eigenvalue weighted by atomic mass is 10.2. The highest BCUT2D eigenvalue weighted by Gasteiger charge is 2.15. The molecule has 1 saturated heterocycles. The van der Waals surface area contributed by atoms with Crippen LogP contribution < -0.4 is 15.5 Å². The van der Waals surface area contributed by atoms with Crippen molar-refractivity contribution in [3.05, 3.63) is 54.5 Å². The molecule has 0 saturated carbocycles. The normalized spacial score (nSPS) is 14.2.